The van der Waals surface area contributed by atoms with Gasteiger partial charge in [-0.3, -0.25) is 10.1 Å². The van der Waals surface area contributed by atoms with Gasteiger partial charge >= 0.3 is 0 Å². The van der Waals surface area contributed by atoms with Crippen molar-refractivity contribution < 1.29 is 18.4 Å². The van der Waals surface area contributed by atoms with Crippen molar-refractivity contribution in [2.75, 3.05) is 12.4 Å². The molecule has 1 N–H and O–H groups in total. The number of furan rings is 2. The zero-order valence-corrected chi connectivity index (χ0v) is 10.2. The van der Waals surface area contributed by atoms with E-state index < -0.39 is 0 Å². The summed E-state index contributed by atoms with van der Waals surface area (Å²) in [4.78, 5) is 11.9. The van der Waals surface area contributed by atoms with Crippen molar-refractivity contribution in [3.05, 3.63) is 48.4 Å². The van der Waals surface area contributed by atoms with E-state index in [0.717, 1.165) is 5.39 Å². The third kappa shape index (κ3) is 2.18. The molecule has 0 unspecified atom stereocenters. The average molecular weight is 257 g/mol. The van der Waals surface area contributed by atoms with Gasteiger partial charge in [0.05, 0.1) is 13.4 Å². The Morgan fingerprint density at radius 1 is 1.26 bits per heavy atom. The van der Waals surface area contributed by atoms with E-state index in [-0.39, 0.29) is 11.7 Å². The Labute approximate surface area is 108 Å². The van der Waals surface area contributed by atoms with Gasteiger partial charge in [0, 0.05) is 11.5 Å². The van der Waals surface area contributed by atoms with Crippen LogP contribution in [-0.4, -0.2) is 13.0 Å². The topological polar surface area (TPSA) is 64.6 Å². The maximum absolute atomic E-state index is 11.9. The summed E-state index contributed by atoms with van der Waals surface area (Å²) >= 11 is 0. The Kier molecular flexibility index (Phi) is 2.72. The lowest BCUT2D eigenvalue weighted by Gasteiger charge is -1.97. The van der Waals surface area contributed by atoms with E-state index in [1.807, 2.05) is 6.07 Å². The fourth-order valence-electron chi connectivity index (χ4n) is 1.78. The third-order valence-electron chi connectivity index (χ3n) is 2.71. The van der Waals surface area contributed by atoms with Crippen LogP contribution in [0.4, 0.5) is 5.88 Å². The number of anilines is 1. The van der Waals surface area contributed by atoms with Gasteiger partial charge in [0.1, 0.15) is 11.3 Å². The van der Waals surface area contributed by atoms with Crippen LogP contribution in [0.1, 0.15) is 10.6 Å². The molecule has 5 nitrogen and oxygen atoms in total. The molecule has 5 heteroatoms. The van der Waals surface area contributed by atoms with E-state index >= 15 is 0 Å². The summed E-state index contributed by atoms with van der Waals surface area (Å²) in [6, 6.07) is 10.4. The van der Waals surface area contributed by atoms with Gasteiger partial charge in [-0.25, -0.2) is 0 Å². The van der Waals surface area contributed by atoms with Gasteiger partial charge in [-0.2, -0.15) is 0 Å². The monoisotopic (exact) mass is 257 g/mol. The molecule has 0 saturated heterocycles. The number of benzene rings is 1. The normalized spacial score (nSPS) is 10.6. The molecule has 2 heterocycles. The molecule has 0 atom stereocenters. The molecule has 3 aromatic rings. The number of hydrogen-bond donors (Lipinski definition) is 1. The summed E-state index contributed by atoms with van der Waals surface area (Å²) < 4.78 is 15.6. The molecule has 0 aliphatic heterocycles. The van der Waals surface area contributed by atoms with Crippen LogP contribution in [0, 0.1) is 0 Å². The van der Waals surface area contributed by atoms with Crippen molar-refractivity contribution >= 4 is 22.8 Å². The van der Waals surface area contributed by atoms with E-state index in [2.05, 4.69) is 5.32 Å². The first-order valence-electron chi connectivity index (χ1n) is 5.69. The zero-order chi connectivity index (χ0) is 13.2. The fraction of sp³-hybridized carbons (Fsp3) is 0.0714. The summed E-state index contributed by atoms with van der Waals surface area (Å²) in [5.74, 6) is 0.957. The lowest BCUT2D eigenvalue weighted by atomic mass is 10.2. The van der Waals surface area contributed by atoms with Crippen LogP contribution >= 0.6 is 0 Å². The van der Waals surface area contributed by atoms with E-state index in [4.69, 9.17) is 13.6 Å². The quantitative estimate of drug-likeness (QED) is 0.782. The summed E-state index contributed by atoms with van der Waals surface area (Å²) in [7, 11) is 1.59. The largest absolute Gasteiger partial charge is 0.497 e. The highest BCUT2D eigenvalue weighted by Gasteiger charge is 2.13. The van der Waals surface area contributed by atoms with Crippen LogP contribution in [0.3, 0.4) is 0 Å². The molecule has 96 valence electrons. The molecule has 19 heavy (non-hydrogen) atoms. The number of carbonyl (C=O) groups is 1. The Hall–Kier alpha value is -2.69. The third-order valence-corrected chi connectivity index (χ3v) is 2.71. The van der Waals surface area contributed by atoms with Crippen molar-refractivity contribution in [2.45, 2.75) is 0 Å². The second-order valence-corrected chi connectivity index (χ2v) is 3.95. The standard InChI is InChI=1S/C14H11NO4/c1-17-10-4-5-11-9(7-10)8-12(19-11)14(16)15-13-3-2-6-18-13/h2-8H,1H3,(H,15,16). The highest BCUT2D eigenvalue weighted by Crippen LogP contribution is 2.24. The van der Waals surface area contributed by atoms with Gasteiger partial charge in [-0.1, -0.05) is 0 Å². The van der Waals surface area contributed by atoms with Crippen LogP contribution in [0.5, 0.6) is 5.75 Å². The van der Waals surface area contributed by atoms with Gasteiger partial charge < -0.3 is 13.6 Å². The van der Waals surface area contributed by atoms with Crippen LogP contribution < -0.4 is 10.1 Å². The zero-order valence-electron chi connectivity index (χ0n) is 10.2. The highest BCUT2D eigenvalue weighted by atomic mass is 16.5. The van der Waals surface area contributed by atoms with Crippen molar-refractivity contribution in [3.63, 3.8) is 0 Å². The van der Waals surface area contributed by atoms with Crippen molar-refractivity contribution in [3.8, 4) is 5.75 Å². The van der Waals surface area contributed by atoms with E-state index in [1.54, 1.807) is 37.4 Å². The van der Waals surface area contributed by atoms with Crippen LogP contribution in [0.25, 0.3) is 11.0 Å². The van der Waals surface area contributed by atoms with Gasteiger partial charge in [-0.15, -0.1) is 0 Å². The Balaban J connectivity index is 1.90. The smallest absolute Gasteiger partial charge is 0.293 e. The number of carbonyl (C=O) groups excluding carboxylic acids is 1. The second-order valence-electron chi connectivity index (χ2n) is 3.95. The Bertz CT molecular complexity index is 712. The summed E-state index contributed by atoms with van der Waals surface area (Å²) in [6.07, 6.45) is 1.49. The lowest BCUT2D eigenvalue weighted by molar-refractivity contribution is 0.0996. The van der Waals surface area contributed by atoms with Gasteiger partial charge in [-0.05, 0) is 30.3 Å². The minimum absolute atomic E-state index is 0.222. The number of amides is 1. The van der Waals surface area contributed by atoms with Crippen LogP contribution in [-0.2, 0) is 0 Å². The summed E-state index contributed by atoms with van der Waals surface area (Å²) in [6.45, 7) is 0. The van der Waals surface area contributed by atoms with Gasteiger partial charge in [0.15, 0.2) is 11.6 Å². The Morgan fingerprint density at radius 2 is 2.16 bits per heavy atom. The fourth-order valence-corrected chi connectivity index (χ4v) is 1.78. The number of fused-ring (bicyclic) bond motifs is 1. The SMILES string of the molecule is COc1ccc2oc(C(=O)Nc3ccco3)cc2c1. The van der Waals surface area contributed by atoms with E-state index in [1.165, 1.54) is 6.26 Å². The molecule has 0 fully saturated rings. The molecular formula is C14H11NO4. The van der Waals surface area contributed by atoms with Gasteiger partial charge in [0.25, 0.3) is 5.91 Å². The number of hydrogen-bond acceptors (Lipinski definition) is 4. The maximum atomic E-state index is 11.9. The first kappa shape index (κ1) is 11.4. The number of ether oxygens (including phenoxy) is 1. The molecule has 2 aromatic heterocycles. The number of nitrogens with one attached hydrogen (secondary N) is 1. The first-order valence-corrected chi connectivity index (χ1v) is 5.69. The molecular weight excluding hydrogens is 246 g/mol. The van der Waals surface area contributed by atoms with E-state index in [9.17, 15) is 4.79 Å². The predicted octanol–water partition coefficient (Wildman–Crippen LogP) is 3.29. The Morgan fingerprint density at radius 3 is 2.89 bits per heavy atom. The number of methoxy groups -OCH3 is 1. The second kappa shape index (κ2) is 4.53. The highest BCUT2D eigenvalue weighted by molar-refractivity contribution is 6.04. The van der Waals surface area contributed by atoms with Crippen LogP contribution in [0.15, 0.2) is 51.5 Å². The van der Waals surface area contributed by atoms with Crippen molar-refractivity contribution in [2.24, 2.45) is 0 Å². The minimum atomic E-state index is -0.356. The molecule has 3 rings (SSSR count). The first-order chi connectivity index (χ1) is 9.26. The molecule has 1 aromatic carbocycles. The summed E-state index contributed by atoms with van der Waals surface area (Å²) in [5, 5.41) is 3.41. The van der Waals surface area contributed by atoms with Crippen molar-refractivity contribution in [1.82, 2.24) is 0 Å². The number of rotatable bonds is 3. The maximum Gasteiger partial charge on any atom is 0.293 e. The average Bonchev–Trinajstić information content (AvgIpc) is 3.05. The molecule has 0 saturated carbocycles. The molecule has 0 bridgehead atoms. The minimum Gasteiger partial charge on any atom is -0.497 e. The summed E-state index contributed by atoms with van der Waals surface area (Å²) in [5.41, 5.74) is 0.630. The van der Waals surface area contributed by atoms with Crippen molar-refractivity contribution in [1.29, 1.82) is 0 Å². The van der Waals surface area contributed by atoms with E-state index in [0.29, 0.717) is 17.2 Å². The molecule has 0 radical (unpaired) electrons. The molecule has 0 spiro atoms. The van der Waals surface area contributed by atoms with Crippen LogP contribution in [0.2, 0.25) is 0 Å². The predicted molar refractivity (Wildman–Crippen MR) is 69.4 cm³/mol. The molecule has 0 aliphatic rings. The lowest BCUT2D eigenvalue weighted by Crippen LogP contribution is -2.09. The molecule has 1 amide bonds. The van der Waals surface area contributed by atoms with Gasteiger partial charge in [0.2, 0.25) is 0 Å². The molecule has 0 aliphatic carbocycles.